The van der Waals surface area contributed by atoms with E-state index < -0.39 is 17.0 Å². The Balaban J connectivity index is 3.47. The van der Waals surface area contributed by atoms with Crippen LogP contribution in [0.15, 0.2) is 0 Å². The van der Waals surface area contributed by atoms with Crippen LogP contribution in [0.2, 0.25) is 16.6 Å². The Hall–Kier alpha value is 0.274. The molecule has 0 heterocycles. The van der Waals surface area contributed by atoms with E-state index in [4.69, 9.17) is 13.3 Å². The fourth-order valence-corrected chi connectivity index (χ4v) is 17.2. The molecule has 0 bridgehead atoms. The first-order valence-corrected chi connectivity index (χ1v) is 16.0. The van der Waals surface area contributed by atoms with Gasteiger partial charge < -0.3 is 17.8 Å². The molecule has 1 rings (SSSR count). The molecule has 0 unspecified atom stereocenters. The summed E-state index contributed by atoms with van der Waals surface area (Å²) in [6.45, 7) is 23.0. The summed E-state index contributed by atoms with van der Waals surface area (Å²) in [5, 5.41) is 0. The van der Waals surface area contributed by atoms with Crippen molar-refractivity contribution in [1.29, 1.82) is 0 Å². The van der Waals surface area contributed by atoms with E-state index in [1.54, 1.807) is 0 Å². The second kappa shape index (κ2) is 12.2. The largest absolute Gasteiger partial charge is 0.515 e. The molecule has 0 aromatic carbocycles. The van der Waals surface area contributed by atoms with Gasteiger partial charge in [-0.15, -0.1) is 0 Å². The van der Waals surface area contributed by atoms with E-state index in [2.05, 4.69) is 66.9 Å². The van der Waals surface area contributed by atoms with Crippen LogP contribution in [0.5, 0.6) is 0 Å². The molecule has 168 valence electrons. The van der Waals surface area contributed by atoms with Crippen LogP contribution in [0.1, 0.15) is 94.4 Å². The van der Waals surface area contributed by atoms with E-state index in [-0.39, 0.29) is 0 Å². The molecule has 0 radical (unpaired) electrons. The number of rotatable bonds is 13. The Morgan fingerprint density at radius 2 is 1.11 bits per heavy atom. The van der Waals surface area contributed by atoms with Gasteiger partial charge in [-0.3, -0.25) is 0 Å². The maximum atomic E-state index is 6.34. The molecule has 1 fully saturated rings. The maximum absolute atomic E-state index is 6.34. The minimum Gasteiger partial charge on any atom is -0.373 e. The van der Waals surface area contributed by atoms with Gasteiger partial charge in [-0.05, 0) is 50.2 Å². The van der Waals surface area contributed by atoms with Crippen molar-refractivity contribution in [3.63, 3.8) is 0 Å². The van der Waals surface area contributed by atoms with Crippen LogP contribution in [-0.4, -0.2) is 53.6 Å². The summed E-state index contributed by atoms with van der Waals surface area (Å²) >= 11 is 0. The topological polar surface area (TPSA) is 30.9 Å². The van der Waals surface area contributed by atoms with Crippen molar-refractivity contribution >= 4 is 17.0 Å². The van der Waals surface area contributed by atoms with E-state index in [1.165, 1.54) is 32.1 Å². The van der Waals surface area contributed by atoms with Crippen LogP contribution in [0.4, 0.5) is 0 Å². The third-order valence-corrected chi connectivity index (χ3v) is 17.0. The second-order valence-electron chi connectivity index (χ2n) is 9.25. The van der Waals surface area contributed by atoms with Crippen molar-refractivity contribution in [3.05, 3.63) is 0 Å². The highest BCUT2D eigenvalue weighted by Crippen LogP contribution is 2.47. The minimum atomic E-state index is -2.73. The molecule has 0 atom stereocenters. The van der Waals surface area contributed by atoms with Crippen LogP contribution >= 0.6 is 0 Å². The fourth-order valence-electron chi connectivity index (χ4n) is 6.10. The summed E-state index contributed by atoms with van der Waals surface area (Å²) in [5.41, 5.74) is 2.06. The van der Waals surface area contributed by atoms with Crippen LogP contribution in [0.25, 0.3) is 0 Å². The lowest BCUT2D eigenvalue weighted by Crippen LogP contribution is -2.69. The molecule has 28 heavy (non-hydrogen) atoms. The summed E-state index contributed by atoms with van der Waals surface area (Å²) in [7, 11) is -4.54. The Kier molecular flexibility index (Phi) is 11.5. The Labute approximate surface area is 178 Å². The molecule has 0 aliphatic heterocycles. The van der Waals surface area contributed by atoms with Gasteiger partial charge in [-0.1, -0.05) is 60.8 Å². The van der Waals surface area contributed by atoms with E-state index in [9.17, 15) is 0 Å². The summed E-state index contributed by atoms with van der Waals surface area (Å²) in [4.78, 5) is 0. The zero-order valence-electron chi connectivity index (χ0n) is 20.3. The van der Waals surface area contributed by atoms with Gasteiger partial charge in [0.2, 0.25) is 0 Å². The molecular formula is C22H49NO3Si2. The highest BCUT2D eigenvalue weighted by molar-refractivity contribution is 6.82. The summed E-state index contributed by atoms with van der Waals surface area (Å²) in [6.07, 6.45) is 7.59. The van der Waals surface area contributed by atoms with Crippen molar-refractivity contribution < 1.29 is 13.3 Å². The molecule has 0 aromatic heterocycles. The lowest BCUT2D eigenvalue weighted by molar-refractivity contribution is 0.0576. The zero-order chi connectivity index (χ0) is 21.4. The molecular weight excluding hydrogens is 382 g/mol. The van der Waals surface area contributed by atoms with Crippen LogP contribution in [0.3, 0.4) is 0 Å². The number of hydrogen-bond donors (Lipinski definition) is 0. The van der Waals surface area contributed by atoms with Crippen molar-refractivity contribution in [1.82, 2.24) is 4.57 Å². The molecule has 6 heteroatoms. The first-order valence-electron chi connectivity index (χ1n) is 11.9. The van der Waals surface area contributed by atoms with Gasteiger partial charge in [0.1, 0.15) is 8.24 Å². The summed E-state index contributed by atoms with van der Waals surface area (Å²) < 4.78 is 22.0. The molecule has 1 aliphatic rings. The van der Waals surface area contributed by atoms with Crippen molar-refractivity contribution in [2.45, 2.75) is 117 Å². The van der Waals surface area contributed by atoms with Crippen molar-refractivity contribution in [3.8, 4) is 0 Å². The first kappa shape index (κ1) is 26.3. The summed E-state index contributed by atoms with van der Waals surface area (Å²) in [6, 6.07) is 0.654. The first-order chi connectivity index (χ1) is 13.2. The number of hydrogen-bond acceptors (Lipinski definition) is 4. The third-order valence-electron chi connectivity index (χ3n) is 6.74. The Morgan fingerprint density at radius 1 is 0.714 bits per heavy atom. The molecule has 1 saturated carbocycles. The van der Waals surface area contributed by atoms with Crippen molar-refractivity contribution in [2.24, 2.45) is 0 Å². The van der Waals surface area contributed by atoms with Gasteiger partial charge >= 0.3 is 8.80 Å². The van der Waals surface area contributed by atoms with Gasteiger partial charge in [0.15, 0.2) is 0 Å². The smallest absolute Gasteiger partial charge is 0.373 e. The Bertz CT molecular complexity index is 387. The monoisotopic (exact) mass is 431 g/mol. The third kappa shape index (κ3) is 5.91. The van der Waals surface area contributed by atoms with Crippen LogP contribution < -0.4 is 0 Å². The number of nitrogens with zero attached hydrogens (tertiary/aromatic N) is 1. The SMILES string of the molecule is CCO[Si](CN(C1CCCCC1)[Si](C(C)C)(C(C)C)C(C)C)(OCC)OCC. The predicted molar refractivity (Wildman–Crippen MR) is 125 cm³/mol. The normalized spacial score (nSPS) is 17.5. The van der Waals surface area contributed by atoms with Gasteiger partial charge in [0, 0.05) is 25.9 Å². The highest BCUT2D eigenvalue weighted by atomic mass is 28.4. The maximum Gasteiger partial charge on any atom is 0.515 e. The van der Waals surface area contributed by atoms with E-state index in [0.717, 1.165) is 6.17 Å². The molecule has 1 aliphatic carbocycles. The molecule has 4 nitrogen and oxygen atoms in total. The molecule has 0 spiro atoms. The van der Waals surface area contributed by atoms with Crippen LogP contribution in [0, 0.1) is 0 Å². The molecule has 0 aromatic rings. The quantitative estimate of drug-likeness (QED) is 0.316. The highest BCUT2D eigenvalue weighted by Gasteiger charge is 2.55. The average molecular weight is 432 g/mol. The van der Waals surface area contributed by atoms with E-state index >= 15 is 0 Å². The van der Waals surface area contributed by atoms with Crippen molar-refractivity contribution in [2.75, 3.05) is 26.0 Å². The minimum absolute atomic E-state index is 0.654. The zero-order valence-corrected chi connectivity index (χ0v) is 22.3. The molecule has 0 amide bonds. The molecule has 0 saturated heterocycles. The summed E-state index contributed by atoms with van der Waals surface area (Å²) in [5.74, 6) is 0. The second-order valence-corrected chi connectivity index (χ2v) is 17.6. The predicted octanol–water partition coefficient (Wildman–Crippen LogP) is 6.38. The lowest BCUT2D eigenvalue weighted by Gasteiger charge is -2.56. The van der Waals surface area contributed by atoms with Gasteiger partial charge in [-0.25, -0.2) is 0 Å². The lowest BCUT2D eigenvalue weighted by atomic mass is 9.96. The van der Waals surface area contributed by atoms with Gasteiger partial charge in [0.05, 0.1) is 6.17 Å². The van der Waals surface area contributed by atoms with Crippen LogP contribution in [-0.2, 0) is 13.3 Å². The van der Waals surface area contributed by atoms with E-state index in [0.29, 0.717) is 42.5 Å². The molecule has 0 N–H and O–H groups in total. The van der Waals surface area contributed by atoms with E-state index in [1.807, 2.05) is 0 Å². The van der Waals surface area contributed by atoms with Gasteiger partial charge in [-0.2, -0.15) is 0 Å². The standard InChI is InChI=1S/C22H49NO3Si2/c1-10-24-27(25-11-2,26-12-3)18-23(22-16-14-13-15-17-22)28(19(4)5,20(6)7)21(8)9/h19-22H,10-18H2,1-9H3. The van der Waals surface area contributed by atoms with Gasteiger partial charge in [0.25, 0.3) is 0 Å². The average Bonchev–Trinajstić information content (AvgIpc) is 2.62. The fraction of sp³-hybridized carbons (Fsp3) is 1.00. The Morgan fingerprint density at radius 3 is 1.43 bits per heavy atom.